The molecule has 1 fully saturated rings. The van der Waals surface area contributed by atoms with Crippen molar-refractivity contribution >= 4 is 36.3 Å². The zero-order valence-corrected chi connectivity index (χ0v) is 38.0. The number of aromatic nitrogens is 2. The molecule has 0 aliphatic carbocycles. The van der Waals surface area contributed by atoms with Crippen LogP contribution in [0.4, 0.5) is 10.6 Å². The number of methoxy groups -OCH3 is 1. The number of aliphatic hydroxyl groups excluding tert-OH is 2. The van der Waals surface area contributed by atoms with Crippen molar-refractivity contribution in [3.8, 4) is 17.2 Å². The number of hydrogen-bond acceptors (Lipinski definition) is 12. The molecule has 7 rings (SSSR count). The fraction of sp³-hybridized carbons (Fsp3) is 0.327. The van der Waals surface area contributed by atoms with Gasteiger partial charge in [0.05, 0.1) is 31.3 Å². The van der Waals surface area contributed by atoms with Gasteiger partial charge in [-0.1, -0.05) is 78.9 Å². The minimum atomic E-state index is -4.14. The number of carbonyl (C=O) groups is 2. The average molecular weight is 906 g/mol. The van der Waals surface area contributed by atoms with Gasteiger partial charge in [0.1, 0.15) is 29.5 Å². The van der Waals surface area contributed by atoms with Crippen LogP contribution in [0.15, 0.2) is 115 Å². The molecule has 342 valence electrons. The van der Waals surface area contributed by atoms with Crippen molar-refractivity contribution in [2.24, 2.45) is 0 Å². The van der Waals surface area contributed by atoms with Gasteiger partial charge in [0.15, 0.2) is 11.9 Å². The second kappa shape index (κ2) is 20.6. The Morgan fingerprint density at radius 2 is 1.37 bits per heavy atom. The molecular weight excluding hydrogens is 850 g/mol. The number of fused-ring (bicyclic) bond motifs is 1. The number of aliphatic hydroxyl groups is 2. The molecule has 1 unspecified atom stereocenters. The van der Waals surface area contributed by atoms with Crippen molar-refractivity contribution in [3.05, 3.63) is 149 Å². The third-order valence-electron chi connectivity index (χ3n) is 11.6. The molecule has 0 radical (unpaired) electrons. The number of aryl methyl sites for hydroxylation is 2. The smallest absolute Gasteiger partial charge is 0.417 e. The molecule has 6 atom stereocenters. The quantitative estimate of drug-likeness (QED) is 0.0484. The van der Waals surface area contributed by atoms with Crippen LogP contribution in [0.2, 0.25) is 0 Å². The monoisotopic (exact) mass is 905 g/mol. The first-order chi connectivity index (χ1) is 31.2. The molecule has 5 N–H and O–H groups in total. The number of nitrogens with one attached hydrogen (secondary N) is 1. The molecule has 1 aliphatic rings. The molecule has 0 spiro atoms. The number of para-hydroxylation sites is 1. The van der Waals surface area contributed by atoms with E-state index in [4.69, 9.17) is 29.0 Å². The lowest BCUT2D eigenvalue weighted by Gasteiger charge is -2.36. The highest BCUT2D eigenvalue weighted by molar-refractivity contribution is 7.54. The highest BCUT2D eigenvalue weighted by Crippen LogP contribution is 2.51. The van der Waals surface area contributed by atoms with E-state index >= 15 is 4.79 Å². The third kappa shape index (κ3) is 11.1. The lowest BCUT2D eigenvalue weighted by atomic mass is 9.90. The van der Waals surface area contributed by atoms with E-state index in [9.17, 15) is 19.6 Å². The SMILES string of the molecule is CCOC(=O)[C@H](C)OP(=O)(COc1ccc(C[C@@H]2[C@H](O)[C@@H](O)[C@@H](Cc3ccc(OC)cc3)N(Cc3ccccc3)C(=O)N2Cc2ccc3[nH]nc(N)c3c2)cc1)Oc1c(C)cccc1C. The van der Waals surface area contributed by atoms with Crippen LogP contribution in [-0.2, 0) is 44.6 Å². The summed E-state index contributed by atoms with van der Waals surface area (Å²) in [6.45, 7) is 7.10. The number of urea groups is 1. The molecule has 1 aromatic heterocycles. The van der Waals surface area contributed by atoms with E-state index in [2.05, 4.69) is 10.2 Å². The van der Waals surface area contributed by atoms with Crippen LogP contribution in [-0.4, -0.2) is 92.7 Å². The number of ether oxygens (including phenoxy) is 3. The third-order valence-corrected chi connectivity index (χ3v) is 13.1. The fourth-order valence-corrected chi connectivity index (χ4v) is 9.68. The van der Waals surface area contributed by atoms with Gasteiger partial charge in [-0.05, 0) is 110 Å². The number of nitrogens with two attached hydrogens (primary N) is 1. The van der Waals surface area contributed by atoms with Crippen molar-refractivity contribution in [1.29, 1.82) is 0 Å². The standard InChI is InChI=1S/C49H56N5O10P/c1-6-61-48(57)33(4)63-65(59,64-46-31(2)11-10-12-32(46)3)30-62-39-22-17-35(18-23-39)27-43-45(56)44(55)42(26-34-15-20-38(60-5)21-16-34)53(28-36-13-8-7-9-14-36)49(58)54(43)29-37-19-24-41-40(25-37)47(50)52-51-41/h7-25,33,42-45,55-56H,6,26-30H2,1-5H3,(H3,50,51,52)/t33-,42+,43+,44-,45-,65?/m0/s1. The largest absolute Gasteiger partial charge is 0.497 e. The van der Waals surface area contributed by atoms with E-state index in [-0.39, 0.29) is 38.6 Å². The lowest BCUT2D eigenvalue weighted by Crippen LogP contribution is -2.50. The number of nitrogen functional groups attached to an aromatic ring is 1. The van der Waals surface area contributed by atoms with Crippen LogP contribution in [0.1, 0.15) is 47.2 Å². The number of carbonyl (C=O) groups excluding carboxylic acids is 2. The summed E-state index contributed by atoms with van der Waals surface area (Å²) in [6.07, 6.45) is -4.10. The number of benzene rings is 5. The lowest BCUT2D eigenvalue weighted by molar-refractivity contribution is -0.150. The number of aromatic amines is 1. The molecule has 5 aromatic carbocycles. The van der Waals surface area contributed by atoms with Gasteiger partial charge in [-0.2, -0.15) is 5.10 Å². The van der Waals surface area contributed by atoms with Crippen LogP contribution in [0.25, 0.3) is 10.9 Å². The number of amides is 2. The summed E-state index contributed by atoms with van der Waals surface area (Å²) >= 11 is 0. The van der Waals surface area contributed by atoms with Gasteiger partial charge in [-0.15, -0.1) is 0 Å². The molecule has 1 saturated heterocycles. The van der Waals surface area contributed by atoms with E-state index in [1.807, 2.05) is 105 Å². The number of anilines is 1. The summed E-state index contributed by atoms with van der Waals surface area (Å²) in [4.78, 5) is 31.1. The zero-order valence-electron chi connectivity index (χ0n) is 37.1. The van der Waals surface area contributed by atoms with Crippen molar-refractivity contribution in [1.82, 2.24) is 20.0 Å². The number of nitrogens with zero attached hydrogens (tertiary/aromatic N) is 3. The second-order valence-corrected chi connectivity index (χ2v) is 18.1. The number of esters is 1. The Balaban J connectivity index is 1.19. The van der Waals surface area contributed by atoms with Crippen molar-refractivity contribution < 1.29 is 47.6 Å². The summed E-state index contributed by atoms with van der Waals surface area (Å²) in [5.74, 6) is 0.969. The van der Waals surface area contributed by atoms with Crippen LogP contribution in [0.3, 0.4) is 0 Å². The molecule has 65 heavy (non-hydrogen) atoms. The summed E-state index contributed by atoms with van der Waals surface area (Å²) in [6, 6.07) is 32.8. The first kappa shape index (κ1) is 46.6. The summed E-state index contributed by atoms with van der Waals surface area (Å²) in [5.41, 5.74) is 11.5. The molecule has 0 bridgehead atoms. The molecule has 16 heteroatoms. The Kier molecular flexibility index (Phi) is 14.8. The molecule has 1 aliphatic heterocycles. The molecule has 2 heterocycles. The molecule has 6 aromatic rings. The molecular formula is C49H56N5O10P. The first-order valence-electron chi connectivity index (χ1n) is 21.5. The summed E-state index contributed by atoms with van der Waals surface area (Å²) in [5, 5.41) is 32.3. The Labute approximate surface area is 378 Å². The van der Waals surface area contributed by atoms with Crippen molar-refractivity contribution in [3.63, 3.8) is 0 Å². The summed E-state index contributed by atoms with van der Waals surface area (Å²) in [7, 11) is -2.55. The Bertz CT molecular complexity index is 2590. The highest BCUT2D eigenvalue weighted by atomic mass is 31.2. The molecule has 2 amide bonds. The number of rotatable bonds is 18. The maximum absolute atomic E-state index is 15.3. The van der Waals surface area contributed by atoms with Crippen LogP contribution in [0, 0.1) is 13.8 Å². The van der Waals surface area contributed by atoms with Gasteiger partial charge in [0.2, 0.25) is 6.35 Å². The van der Waals surface area contributed by atoms with Crippen LogP contribution in [0.5, 0.6) is 17.2 Å². The minimum Gasteiger partial charge on any atom is -0.497 e. The van der Waals surface area contributed by atoms with Crippen molar-refractivity contribution in [2.45, 2.75) is 84.0 Å². The summed E-state index contributed by atoms with van der Waals surface area (Å²) < 4.78 is 42.6. The van der Waals surface area contributed by atoms with Gasteiger partial charge < -0.3 is 44.5 Å². The Morgan fingerprint density at radius 3 is 1.95 bits per heavy atom. The van der Waals surface area contributed by atoms with Crippen LogP contribution >= 0.6 is 7.60 Å². The van der Waals surface area contributed by atoms with Gasteiger partial charge in [0.25, 0.3) is 0 Å². The normalized spacial score (nSPS) is 19.0. The Hall–Kier alpha value is -6.38. The molecule has 0 saturated carbocycles. The minimum absolute atomic E-state index is 0.0788. The second-order valence-electron chi connectivity index (χ2n) is 16.2. The van der Waals surface area contributed by atoms with Crippen molar-refractivity contribution in [2.75, 3.05) is 25.8 Å². The maximum Gasteiger partial charge on any atom is 0.417 e. The van der Waals surface area contributed by atoms with E-state index < -0.39 is 50.3 Å². The fourth-order valence-electron chi connectivity index (χ4n) is 8.08. The van der Waals surface area contributed by atoms with E-state index in [1.165, 1.54) is 6.92 Å². The van der Waals surface area contributed by atoms with E-state index in [1.54, 1.807) is 48.1 Å². The predicted molar refractivity (Wildman–Crippen MR) is 247 cm³/mol. The average Bonchev–Trinajstić information content (AvgIpc) is 3.66. The number of H-pyrrole nitrogens is 1. The zero-order chi connectivity index (χ0) is 46.3. The van der Waals surface area contributed by atoms with Gasteiger partial charge in [-0.3, -0.25) is 9.62 Å². The van der Waals surface area contributed by atoms with Gasteiger partial charge >= 0.3 is 19.6 Å². The topological polar surface area (TPSA) is 199 Å². The number of hydrogen-bond donors (Lipinski definition) is 4. The van der Waals surface area contributed by atoms with Gasteiger partial charge in [0, 0.05) is 18.5 Å². The highest BCUT2D eigenvalue weighted by Gasteiger charge is 2.46. The predicted octanol–water partition coefficient (Wildman–Crippen LogP) is 7.73. The van der Waals surface area contributed by atoms with Crippen LogP contribution < -0.4 is 19.7 Å². The Morgan fingerprint density at radius 1 is 0.800 bits per heavy atom. The van der Waals surface area contributed by atoms with E-state index in [0.29, 0.717) is 34.0 Å². The first-order valence-corrected chi connectivity index (χ1v) is 23.2. The molecule has 15 nitrogen and oxygen atoms in total. The van der Waals surface area contributed by atoms with Gasteiger partial charge in [-0.25, -0.2) is 14.2 Å². The maximum atomic E-state index is 15.3. The van der Waals surface area contributed by atoms with E-state index in [0.717, 1.165) is 33.3 Å².